The Balaban J connectivity index is 2.25. The van der Waals surface area contributed by atoms with Crippen molar-refractivity contribution >= 4 is 11.9 Å². The Morgan fingerprint density at radius 2 is 1.70 bits per heavy atom. The molecule has 0 aliphatic carbocycles. The van der Waals surface area contributed by atoms with Crippen LogP contribution in [0.1, 0.15) is 20.8 Å². The first-order valence-electron chi connectivity index (χ1n) is 7.05. The van der Waals surface area contributed by atoms with E-state index in [4.69, 9.17) is 0 Å². The standard InChI is InChI=1S/C13H26N4O3/c1-4-14-12(19)15-11(18)9-16-5-7-17(8-6-16)10-13(2,3)20/h20H,4-10H2,1-3H3,(H2,14,15,18,19). The number of nitrogens with zero attached hydrogens (tertiary/aromatic N) is 2. The summed E-state index contributed by atoms with van der Waals surface area (Å²) < 4.78 is 0. The zero-order chi connectivity index (χ0) is 15.2. The van der Waals surface area contributed by atoms with Gasteiger partial charge in [0, 0.05) is 39.3 Å². The third kappa shape index (κ3) is 6.83. The minimum absolute atomic E-state index is 0.230. The molecule has 1 aliphatic rings. The van der Waals surface area contributed by atoms with Crippen LogP contribution in [0.2, 0.25) is 0 Å². The van der Waals surface area contributed by atoms with Crippen LogP contribution in [-0.2, 0) is 4.79 Å². The average molecular weight is 286 g/mol. The summed E-state index contributed by atoms with van der Waals surface area (Å²) in [5.41, 5.74) is -0.697. The molecule has 1 saturated heterocycles. The van der Waals surface area contributed by atoms with Gasteiger partial charge in [-0.3, -0.25) is 19.9 Å². The number of imide groups is 1. The summed E-state index contributed by atoms with van der Waals surface area (Å²) in [5, 5.41) is 14.6. The number of nitrogens with one attached hydrogen (secondary N) is 2. The summed E-state index contributed by atoms with van der Waals surface area (Å²) in [6.07, 6.45) is 0. The molecule has 0 aromatic rings. The molecule has 3 amide bonds. The molecular formula is C13H26N4O3. The van der Waals surface area contributed by atoms with Crippen molar-refractivity contribution in [1.29, 1.82) is 0 Å². The number of hydrogen-bond donors (Lipinski definition) is 3. The first-order valence-corrected chi connectivity index (χ1v) is 7.05. The quantitative estimate of drug-likeness (QED) is 0.617. The molecule has 20 heavy (non-hydrogen) atoms. The van der Waals surface area contributed by atoms with Crippen molar-refractivity contribution in [2.45, 2.75) is 26.4 Å². The lowest BCUT2D eigenvalue weighted by Crippen LogP contribution is -2.53. The van der Waals surface area contributed by atoms with Crippen LogP contribution < -0.4 is 10.6 Å². The fourth-order valence-electron chi connectivity index (χ4n) is 2.23. The molecule has 7 heteroatoms. The van der Waals surface area contributed by atoms with Crippen molar-refractivity contribution in [3.63, 3.8) is 0 Å². The third-order valence-electron chi connectivity index (χ3n) is 3.03. The van der Waals surface area contributed by atoms with Crippen LogP contribution in [-0.4, -0.2) is 78.3 Å². The number of carbonyl (C=O) groups is 2. The van der Waals surface area contributed by atoms with Gasteiger partial charge in [0.15, 0.2) is 0 Å². The Morgan fingerprint density at radius 1 is 1.15 bits per heavy atom. The minimum Gasteiger partial charge on any atom is -0.389 e. The highest BCUT2D eigenvalue weighted by atomic mass is 16.3. The van der Waals surface area contributed by atoms with Gasteiger partial charge in [-0.25, -0.2) is 4.79 Å². The van der Waals surface area contributed by atoms with Crippen LogP contribution in [0, 0.1) is 0 Å². The van der Waals surface area contributed by atoms with Crippen molar-refractivity contribution in [1.82, 2.24) is 20.4 Å². The smallest absolute Gasteiger partial charge is 0.321 e. The predicted octanol–water partition coefficient (Wildman–Crippen LogP) is -0.779. The summed E-state index contributed by atoms with van der Waals surface area (Å²) in [5.74, 6) is -0.285. The first-order chi connectivity index (χ1) is 9.30. The summed E-state index contributed by atoms with van der Waals surface area (Å²) in [4.78, 5) is 27.0. The van der Waals surface area contributed by atoms with Crippen molar-refractivity contribution in [3.05, 3.63) is 0 Å². The van der Waals surface area contributed by atoms with Gasteiger partial charge in [0.25, 0.3) is 0 Å². The number of piperazine rings is 1. The predicted molar refractivity (Wildman–Crippen MR) is 76.4 cm³/mol. The SMILES string of the molecule is CCNC(=O)NC(=O)CN1CCN(CC(C)(C)O)CC1. The van der Waals surface area contributed by atoms with Gasteiger partial charge < -0.3 is 10.4 Å². The second kappa shape index (κ2) is 7.56. The molecule has 3 N–H and O–H groups in total. The van der Waals surface area contributed by atoms with Gasteiger partial charge >= 0.3 is 6.03 Å². The zero-order valence-corrected chi connectivity index (χ0v) is 12.6. The molecule has 0 spiro atoms. The van der Waals surface area contributed by atoms with E-state index in [-0.39, 0.29) is 12.5 Å². The van der Waals surface area contributed by atoms with Gasteiger partial charge in [-0.15, -0.1) is 0 Å². The van der Waals surface area contributed by atoms with Crippen LogP contribution in [0.5, 0.6) is 0 Å². The minimum atomic E-state index is -0.697. The van der Waals surface area contributed by atoms with E-state index >= 15 is 0 Å². The van der Waals surface area contributed by atoms with E-state index < -0.39 is 11.6 Å². The van der Waals surface area contributed by atoms with Crippen molar-refractivity contribution < 1.29 is 14.7 Å². The topological polar surface area (TPSA) is 84.9 Å². The number of amides is 3. The van der Waals surface area contributed by atoms with Crippen LogP contribution in [0.4, 0.5) is 4.79 Å². The lowest BCUT2D eigenvalue weighted by molar-refractivity contribution is -0.121. The molecule has 0 saturated carbocycles. The lowest BCUT2D eigenvalue weighted by Gasteiger charge is -2.36. The molecule has 116 valence electrons. The average Bonchev–Trinajstić information content (AvgIpc) is 2.30. The van der Waals surface area contributed by atoms with E-state index in [1.54, 1.807) is 20.8 Å². The van der Waals surface area contributed by atoms with E-state index in [1.165, 1.54) is 0 Å². The molecule has 0 aromatic carbocycles. The highest BCUT2D eigenvalue weighted by molar-refractivity contribution is 5.95. The first kappa shape index (κ1) is 16.9. The molecule has 1 fully saturated rings. The number of urea groups is 1. The molecule has 0 bridgehead atoms. The maximum Gasteiger partial charge on any atom is 0.321 e. The molecular weight excluding hydrogens is 260 g/mol. The maximum absolute atomic E-state index is 11.6. The van der Waals surface area contributed by atoms with Gasteiger partial charge in [-0.05, 0) is 20.8 Å². The number of hydrogen-bond acceptors (Lipinski definition) is 5. The van der Waals surface area contributed by atoms with Crippen molar-refractivity contribution in [3.8, 4) is 0 Å². The number of aliphatic hydroxyl groups is 1. The fourth-order valence-corrected chi connectivity index (χ4v) is 2.23. The van der Waals surface area contributed by atoms with Gasteiger partial charge in [0.1, 0.15) is 0 Å². The molecule has 0 atom stereocenters. The van der Waals surface area contributed by atoms with E-state index in [9.17, 15) is 14.7 Å². The summed E-state index contributed by atoms with van der Waals surface area (Å²) >= 11 is 0. The Bertz CT molecular complexity index is 333. The molecule has 0 radical (unpaired) electrons. The van der Waals surface area contributed by atoms with Gasteiger partial charge in [-0.1, -0.05) is 0 Å². The Kier molecular flexibility index (Phi) is 6.38. The fraction of sp³-hybridized carbons (Fsp3) is 0.846. The largest absolute Gasteiger partial charge is 0.389 e. The van der Waals surface area contributed by atoms with Crippen LogP contribution >= 0.6 is 0 Å². The van der Waals surface area contributed by atoms with Gasteiger partial charge in [0.2, 0.25) is 5.91 Å². The van der Waals surface area contributed by atoms with Gasteiger partial charge in [0.05, 0.1) is 12.1 Å². The normalized spacial score (nSPS) is 17.8. The third-order valence-corrected chi connectivity index (χ3v) is 3.03. The maximum atomic E-state index is 11.6. The van der Waals surface area contributed by atoms with E-state index in [2.05, 4.69) is 15.5 Å². The Labute approximate surface area is 120 Å². The monoisotopic (exact) mass is 286 g/mol. The zero-order valence-electron chi connectivity index (χ0n) is 12.6. The van der Waals surface area contributed by atoms with Crippen LogP contribution in [0.25, 0.3) is 0 Å². The number of β-amino-alcohol motifs (C(OH)–C–C–N with tert-alkyl or cyclic N) is 1. The van der Waals surface area contributed by atoms with Gasteiger partial charge in [-0.2, -0.15) is 0 Å². The highest BCUT2D eigenvalue weighted by Gasteiger charge is 2.23. The second-order valence-electron chi connectivity index (χ2n) is 5.77. The van der Waals surface area contributed by atoms with Crippen LogP contribution in [0.15, 0.2) is 0 Å². The molecule has 7 nitrogen and oxygen atoms in total. The summed E-state index contributed by atoms with van der Waals surface area (Å²) in [6, 6.07) is -0.446. The molecule has 0 aromatic heterocycles. The van der Waals surface area contributed by atoms with E-state index in [0.29, 0.717) is 13.1 Å². The van der Waals surface area contributed by atoms with Crippen molar-refractivity contribution in [2.24, 2.45) is 0 Å². The summed E-state index contributed by atoms with van der Waals surface area (Å²) in [7, 11) is 0. The number of carbonyl (C=O) groups excluding carboxylic acids is 2. The Hall–Kier alpha value is -1.18. The van der Waals surface area contributed by atoms with Crippen molar-refractivity contribution in [2.75, 3.05) is 45.8 Å². The summed E-state index contributed by atoms with van der Waals surface area (Å²) in [6.45, 7) is 9.90. The van der Waals surface area contributed by atoms with E-state index in [0.717, 1.165) is 26.2 Å². The van der Waals surface area contributed by atoms with E-state index in [1.807, 2.05) is 4.90 Å². The second-order valence-corrected chi connectivity index (χ2v) is 5.77. The highest BCUT2D eigenvalue weighted by Crippen LogP contribution is 2.08. The molecule has 1 heterocycles. The Morgan fingerprint density at radius 3 is 2.20 bits per heavy atom. The van der Waals surface area contributed by atoms with Crippen LogP contribution in [0.3, 0.4) is 0 Å². The number of rotatable bonds is 5. The lowest BCUT2D eigenvalue weighted by atomic mass is 10.1. The molecule has 1 aliphatic heterocycles. The molecule has 0 unspecified atom stereocenters. The molecule has 1 rings (SSSR count).